The van der Waals surface area contributed by atoms with Gasteiger partial charge in [-0.1, -0.05) is 39.5 Å². The Labute approximate surface area is 107 Å². The molecule has 0 N–H and O–H groups in total. The molecule has 102 valence electrons. The van der Waals surface area contributed by atoms with Gasteiger partial charge >= 0.3 is 5.97 Å². The van der Waals surface area contributed by atoms with Crippen molar-refractivity contribution < 1.29 is 9.53 Å². The molecule has 0 aliphatic heterocycles. The van der Waals surface area contributed by atoms with Crippen molar-refractivity contribution in [1.29, 1.82) is 0 Å². The number of ether oxygens (including phenoxy) is 1. The molecule has 0 aliphatic rings. The highest BCUT2D eigenvalue weighted by Gasteiger charge is 2.35. The topological polar surface area (TPSA) is 26.3 Å². The van der Waals surface area contributed by atoms with Crippen LogP contribution >= 0.6 is 0 Å². The lowest BCUT2D eigenvalue weighted by Gasteiger charge is -2.31. The highest BCUT2D eigenvalue weighted by molar-refractivity contribution is 5.76. The van der Waals surface area contributed by atoms with E-state index in [-0.39, 0.29) is 17.0 Å². The summed E-state index contributed by atoms with van der Waals surface area (Å²) in [5.74, 6) is -0.0214. The first kappa shape index (κ1) is 16.5. The number of hydrogen-bond donors (Lipinski definition) is 0. The van der Waals surface area contributed by atoms with Crippen molar-refractivity contribution in [3.05, 3.63) is 0 Å². The third-order valence-electron chi connectivity index (χ3n) is 3.06. The molecule has 0 aromatic rings. The van der Waals surface area contributed by atoms with Crippen molar-refractivity contribution in [3.63, 3.8) is 0 Å². The second-order valence-corrected chi connectivity index (χ2v) is 6.27. The van der Waals surface area contributed by atoms with Crippen molar-refractivity contribution in [2.45, 2.75) is 85.7 Å². The number of esters is 1. The summed E-state index contributed by atoms with van der Waals surface area (Å²) < 4.78 is 5.56. The quantitative estimate of drug-likeness (QED) is 0.604. The molecule has 0 aliphatic carbocycles. The molecule has 0 amide bonds. The van der Waals surface area contributed by atoms with E-state index in [0.717, 1.165) is 38.5 Å². The van der Waals surface area contributed by atoms with E-state index in [1.54, 1.807) is 0 Å². The average molecular weight is 242 g/mol. The van der Waals surface area contributed by atoms with E-state index in [2.05, 4.69) is 20.8 Å². The second kappa shape index (κ2) is 7.03. The molecule has 0 rings (SSSR count). The van der Waals surface area contributed by atoms with Crippen molar-refractivity contribution in [2.75, 3.05) is 0 Å². The van der Waals surface area contributed by atoms with E-state index in [1.807, 2.05) is 20.8 Å². The van der Waals surface area contributed by atoms with Crippen LogP contribution in [0.5, 0.6) is 0 Å². The van der Waals surface area contributed by atoms with Crippen molar-refractivity contribution >= 4 is 5.97 Å². The molecule has 2 heteroatoms. The van der Waals surface area contributed by atoms with Crippen LogP contribution in [-0.4, -0.2) is 11.6 Å². The third-order valence-corrected chi connectivity index (χ3v) is 3.06. The van der Waals surface area contributed by atoms with Crippen LogP contribution in [0, 0.1) is 5.41 Å². The van der Waals surface area contributed by atoms with E-state index in [9.17, 15) is 4.79 Å². The largest absolute Gasteiger partial charge is 0.460 e. The van der Waals surface area contributed by atoms with Crippen LogP contribution in [0.1, 0.15) is 80.1 Å². The van der Waals surface area contributed by atoms with Gasteiger partial charge in [-0.2, -0.15) is 0 Å². The molecule has 0 spiro atoms. The Kier molecular flexibility index (Phi) is 6.81. The number of carbonyl (C=O) groups excluding carboxylic acids is 1. The van der Waals surface area contributed by atoms with Crippen LogP contribution in [0.4, 0.5) is 0 Å². The summed E-state index contributed by atoms with van der Waals surface area (Å²) in [5, 5.41) is 0. The van der Waals surface area contributed by atoms with E-state index in [4.69, 9.17) is 4.74 Å². The lowest BCUT2D eigenvalue weighted by molar-refractivity contribution is -0.167. The van der Waals surface area contributed by atoms with E-state index in [1.165, 1.54) is 0 Å². The molecule has 0 radical (unpaired) electrons. The van der Waals surface area contributed by atoms with Crippen LogP contribution in [0.2, 0.25) is 0 Å². The SMILES string of the molecule is CCCCC(C)(CCCC)C(=O)OC(C)(C)C. The number of unbranched alkanes of at least 4 members (excludes halogenated alkanes) is 2. The van der Waals surface area contributed by atoms with Crippen LogP contribution in [0.3, 0.4) is 0 Å². The Morgan fingerprint density at radius 3 is 1.65 bits per heavy atom. The monoisotopic (exact) mass is 242 g/mol. The summed E-state index contributed by atoms with van der Waals surface area (Å²) in [4.78, 5) is 12.3. The van der Waals surface area contributed by atoms with E-state index >= 15 is 0 Å². The molecule has 0 fully saturated rings. The van der Waals surface area contributed by atoms with E-state index < -0.39 is 0 Å². The van der Waals surface area contributed by atoms with Gasteiger partial charge in [-0.05, 0) is 40.5 Å². The van der Waals surface area contributed by atoms with Gasteiger partial charge < -0.3 is 4.74 Å². The van der Waals surface area contributed by atoms with Gasteiger partial charge in [0.25, 0.3) is 0 Å². The zero-order valence-corrected chi connectivity index (χ0v) is 12.6. The van der Waals surface area contributed by atoms with Crippen molar-refractivity contribution in [2.24, 2.45) is 5.41 Å². The summed E-state index contributed by atoms with van der Waals surface area (Å²) in [6.07, 6.45) is 6.34. The third kappa shape index (κ3) is 6.70. The number of hydrogen-bond acceptors (Lipinski definition) is 2. The predicted octanol–water partition coefficient (Wildman–Crippen LogP) is 4.71. The maximum atomic E-state index is 12.3. The molecular weight excluding hydrogens is 212 g/mol. The average Bonchev–Trinajstić information content (AvgIpc) is 2.21. The first-order valence-corrected chi connectivity index (χ1v) is 6.98. The van der Waals surface area contributed by atoms with Gasteiger partial charge in [-0.15, -0.1) is 0 Å². The van der Waals surface area contributed by atoms with Gasteiger partial charge in [-0.3, -0.25) is 4.79 Å². The van der Waals surface area contributed by atoms with Gasteiger partial charge in [0.2, 0.25) is 0 Å². The van der Waals surface area contributed by atoms with Crippen LogP contribution < -0.4 is 0 Å². The Bertz CT molecular complexity index is 218. The van der Waals surface area contributed by atoms with Gasteiger partial charge in [0.05, 0.1) is 5.41 Å². The zero-order valence-electron chi connectivity index (χ0n) is 12.6. The first-order valence-electron chi connectivity index (χ1n) is 6.98. The lowest BCUT2D eigenvalue weighted by Crippen LogP contribution is -2.35. The molecule has 0 atom stereocenters. The molecule has 0 saturated carbocycles. The highest BCUT2D eigenvalue weighted by atomic mass is 16.6. The van der Waals surface area contributed by atoms with Crippen LogP contribution in [0.25, 0.3) is 0 Å². The number of rotatable bonds is 7. The van der Waals surface area contributed by atoms with Crippen molar-refractivity contribution in [1.82, 2.24) is 0 Å². The summed E-state index contributed by atoms with van der Waals surface area (Å²) in [5.41, 5.74) is -0.671. The minimum absolute atomic E-state index is 0.0214. The van der Waals surface area contributed by atoms with Crippen molar-refractivity contribution in [3.8, 4) is 0 Å². The van der Waals surface area contributed by atoms with Gasteiger partial charge in [0.1, 0.15) is 5.60 Å². The summed E-state index contributed by atoms with van der Waals surface area (Å²) >= 11 is 0. The predicted molar refractivity (Wildman–Crippen MR) is 73.0 cm³/mol. The molecular formula is C15H30O2. The maximum Gasteiger partial charge on any atom is 0.312 e. The Morgan fingerprint density at radius 1 is 0.941 bits per heavy atom. The van der Waals surface area contributed by atoms with Gasteiger partial charge in [0.15, 0.2) is 0 Å². The lowest BCUT2D eigenvalue weighted by atomic mass is 9.80. The molecule has 0 heterocycles. The molecule has 2 nitrogen and oxygen atoms in total. The highest BCUT2D eigenvalue weighted by Crippen LogP contribution is 2.33. The Hall–Kier alpha value is -0.530. The van der Waals surface area contributed by atoms with E-state index in [0.29, 0.717) is 0 Å². The summed E-state index contributed by atoms with van der Waals surface area (Å²) in [6.45, 7) is 12.2. The molecule has 0 bridgehead atoms. The molecule has 0 unspecified atom stereocenters. The fourth-order valence-corrected chi connectivity index (χ4v) is 1.86. The zero-order chi connectivity index (χ0) is 13.5. The summed E-state index contributed by atoms with van der Waals surface area (Å²) in [7, 11) is 0. The minimum atomic E-state index is -0.378. The molecule has 17 heavy (non-hydrogen) atoms. The number of carbonyl (C=O) groups is 1. The fourth-order valence-electron chi connectivity index (χ4n) is 1.86. The molecule has 0 aromatic carbocycles. The minimum Gasteiger partial charge on any atom is -0.460 e. The Balaban J connectivity index is 4.59. The normalized spacial score (nSPS) is 12.6. The van der Waals surface area contributed by atoms with Crippen LogP contribution in [0.15, 0.2) is 0 Å². The summed E-state index contributed by atoms with van der Waals surface area (Å²) in [6, 6.07) is 0. The second-order valence-electron chi connectivity index (χ2n) is 6.27. The Morgan fingerprint density at radius 2 is 1.35 bits per heavy atom. The van der Waals surface area contributed by atoms with Gasteiger partial charge in [0, 0.05) is 0 Å². The van der Waals surface area contributed by atoms with Crippen LogP contribution in [-0.2, 0) is 9.53 Å². The maximum absolute atomic E-state index is 12.3. The molecule has 0 aromatic heterocycles. The molecule has 0 saturated heterocycles. The fraction of sp³-hybridized carbons (Fsp3) is 0.933. The van der Waals surface area contributed by atoms with Gasteiger partial charge in [-0.25, -0.2) is 0 Å². The standard InChI is InChI=1S/C15H30O2/c1-7-9-11-15(6,12-10-8-2)13(16)17-14(3,4)5/h7-12H2,1-6H3. The smallest absolute Gasteiger partial charge is 0.312 e. The first-order chi connectivity index (χ1) is 7.75.